The van der Waals surface area contributed by atoms with Gasteiger partial charge in [-0.05, 0) is 31.2 Å². The van der Waals surface area contributed by atoms with Crippen molar-refractivity contribution in [2.75, 3.05) is 11.9 Å². The fourth-order valence-corrected chi connectivity index (χ4v) is 2.31. The lowest BCUT2D eigenvalue weighted by Crippen LogP contribution is -2.06. The number of carbonyl (C=O) groups excluding carboxylic acids is 1. The molecule has 1 aromatic carbocycles. The van der Waals surface area contributed by atoms with Gasteiger partial charge in [-0.1, -0.05) is 6.07 Å². The van der Waals surface area contributed by atoms with E-state index in [1.807, 2.05) is 13.1 Å². The molecule has 1 N–H and O–H groups in total. The average molecular weight is 338 g/mol. The van der Waals surface area contributed by atoms with Gasteiger partial charge in [0.2, 0.25) is 0 Å². The number of rotatable bonds is 6. The summed E-state index contributed by atoms with van der Waals surface area (Å²) in [5.74, 6) is 0.949. The van der Waals surface area contributed by atoms with E-state index in [0.717, 1.165) is 5.69 Å². The summed E-state index contributed by atoms with van der Waals surface area (Å²) in [7, 11) is 1.81. The summed E-state index contributed by atoms with van der Waals surface area (Å²) in [5.41, 5.74) is 2.00. The maximum Gasteiger partial charge on any atom is 0.338 e. The molecule has 0 fully saturated rings. The molecule has 0 spiro atoms. The van der Waals surface area contributed by atoms with Crippen LogP contribution in [0.4, 0.5) is 5.69 Å². The molecule has 0 unspecified atom stereocenters. The normalized spacial score (nSPS) is 10.5. The third-order valence-electron chi connectivity index (χ3n) is 3.44. The average Bonchev–Trinajstić information content (AvgIpc) is 3.02. The van der Waals surface area contributed by atoms with E-state index in [-0.39, 0.29) is 5.97 Å². The third kappa shape index (κ3) is 3.97. The van der Waals surface area contributed by atoms with Gasteiger partial charge in [0, 0.05) is 18.9 Å². The summed E-state index contributed by atoms with van der Waals surface area (Å²) in [6, 6.07) is 8.91. The van der Waals surface area contributed by atoms with Crippen LogP contribution >= 0.6 is 0 Å². The van der Waals surface area contributed by atoms with Crippen LogP contribution in [0.15, 0.2) is 42.9 Å². The highest BCUT2D eigenvalue weighted by Gasteiger charge is 2.11. The second-order valence-electron chi connectivity index (χ2n) is 5.22. The van der Waals surface area contributed by atoms with E-state index < -0.39 is 0 Å². The van der Waals surface area contributed by atoms with Crippen LogP contribution in [-0.4, -0.2) is 37.3 Å². The van der Waals surface area contributed by atoms with E-state index in [2.05, 4.69) is 25.4 Å². The first kappa shape index (κ1) is 16.6. The monoisotopic (exact) mass is 338 g/mol. The molecule has 8 heteroatoms. The second-order valence-corrected chi connectivity index (χ2v) is 5.22. The summed E-state index contributed by atoms with van der Waals surface area (Å²) in [5, 5.41) is 7.59. The molecule has 3 rings (SSSR count). The Hall–Kier alpha value is -3.29. The van der Waals surface area contributed by atoms with Crippen molar-refractivity contribution >= 4 is 11.7 Å². The number of carbonyl (C=O) groups is 1. The number of esters is 1. The van der Waals surface area contributed by atoms with Gasteiger partial charge in [-0.25, -0.2) is 24.4 Å². The number of aryl methyl sites for hydroxylation is 1. The van der Waals surface area contributed by atoms with Gasteiger partial charge in [0.1, 0.15) is 12.0 Å². The number of nitrogens with one attached hydrogen (secondary N) is 1. The largest absolute Gasteiger partial charge is 0.462 e. The highest BCUT2D eigenvalue weighted by atomic mass is 16.5. The molecule has 25 heavy (non-hydrogen) atoms. The van der Waals surface area contributed by atoms with Gasteiger partial charge < -0.3 is 10.1 Å². The number of ether oxygens (including phenoxy) is 1. The SMILES string of the molecule is CCOC(=O)c1cccc(NCc2nc(-c3ccncn3)n(C)n2)c1. The molecular weight excluding hydrogens is 320 g/mol. The lowest BCUT2D eigenvalue weighted by atomic mass is 10.2. The number of aromatic nitrogens is 5. The summed E-state index contributed by atoms with van der Waals surface area (Å²) < 4.78 is 6.68. The molecule has 0 atom stereocenters. The Kier molecular flexibility index (Phi) is 4.98. The fraction of sp³-hybridized carbons (Fsp3) is 0.235. The first-order chi connectivity index (χ1) is 12.2. The van der Waals surface area contributed by atoms with E-state index in [9.17, 15) is 4.79 Å². The zero-order valence-corrected chi connectivity index (χ0v) is 14.0. The zero-order chi connectivity index (χ0) is 17.6. The Labute approximate surface area is 144 Å². The summed E-state index contributed by atoms with van der Waals surface area (Å²) >= 11 is 0. The molecule has 0 saturated heterocycles. The Morgan fingerprint density at radius 1 is 1.32 bits per heavy atom. The number of hydrogen-bond acceptors (Lipinski definition) is 7. The molecule has 0 saturated carbocycles. The Morgan fingerprint density at radius 2 is 2.20 bits per heavy atom. The molecule has 0 radical (unpaired) electrons. The second kappa shape index (κ2) is 7.52. The van der Waals surface area contributed by atoms with Gasteiger partial charge in [0.15, 0.2) is 11.6 Å². The predicted octanol–water partition coefficient (Wildman–Crippen LogP) is 2.06. The van der Waals surface area contributed by atoms with E-state index in [1.165, 1.54) is 6.33 Å². The van der Waals surface area contributed by atoms with E-state index >= 15 is 0 Å². The molecule has 0 aliphatic carbocycles. The van der Waals surface area contributed by atoms with Crippen molar-refractivity contribution in [1.29, 1.82) is 0 Å². The van der Waals surface area contributed by atoms with E-state index in [4.69, 9.17) is 4.74 Å². The van der Waals surface area contributed by atoms with Crippen molar-refractivity contribution in [3.8, 4) is 11.5 Å². The summed E-state index contributed by atoms with van der Waals surface area (Å²) in [6.07, 6.45) is 3.14. The van der Waals surface area contributed by atoms with Gasteiger partial charge in [-0.3, -0.25) is 0 Å². The van der Waals surface area contributed by atoms with Crippen LogP contribution in [0.1, 0.15) is 23.1 Å². The zero-order valence-electron chi connectivity index (χ0n) is 14.0. The number of hydrogen-bond donors (Lipinski definition) is 1. The maximum absolute atomic E-state index is 11.8. The van der Waals surface area contributed by atoms with Crippen molar-refractivity contribution in [2.45, 2.75) is 13.5 Å². The number of anilines is 1. The van der Waals surface area contributed by atoms with Crippen LogP contribution in [0.5, 0.6) is 0 Å². The first-order valence-corrected chi connectivity index (χ1v) is 7.84. The van der Waals surface area contributed by atoms with Gasteiger partial charge >= 0.3 is 5.97 Å². The van der Waals surface area contributed by atoms with Crippen LogP contribution in [0.2, 0.25) is 0 Å². The van der Waals surface area contributed by atoms with Gasteiger partial charge in [-0.2, -0.15) is 5.10 Å². The van der Waals surface area contributed by atoms with E-state index in [1.54, 1.807) is 42.1 Å². The molecule has 128 valence electrons. The Bertz CT molecular complexity index is 863. The van der Waals surface area contributed by atoms with Gasteiger partial charge in [0.25, 0.3) is 0 Å². The van der Waals surface area contributed by atoms with Crippen LogP contribution in [0.25, 0.3) is 11.5 Å². The van der Waals surface area contributed by atoms with Crippen LogP contribution in [0, 0.1) is 0 Å². The molecule has 3 aromatic rings. The van der Waals surface area contributed by atoms with Crippen molar-refractivity contribution in [2.24, 2.45) is 7.05 Å². The predicted molar refractivity (Wildman–Crippen MR) is 91.8 cm³/mol. The topological polar surface area (TPSA) is 94.8 Å². The van der Waals surface area contributed by atoms with Crippen molar-refractivity contribution in [3.05, 3.63) is 54.2 Å². The minimum atomic E-state index is -0.340. The van der Waals surface area contributed by atoms with Crippen LogP contribution in [-0.2, 0) is 18.3 Å². The molecular formula is C17H18N6O2. The maximum atomic E-state index is 11.8. The molecule has 2 aromatic heterocycles. The molecule has 0 bridgehead atoms. The van der Waals surface area contributed by atoms with Gasteiger partial charge in [-0.15, -0.1) is 0 Å². The quantitative estimate of drug-likeness (QED) is 0.687. The van der Waals surface area contributed by atoms with Gasteiger partial charge in [0.05, 0.1) is 18.7 Å². The molecule has 8 nitrogen and oxygen atoms in total. The fourth-order valence-electron chi connectivity index (χ4n) is 2.31. The van der Waals surface area contributed by atoms with Crippen molar-refractivity contribution < 1.29 is 9.53 Å². The lowest BCUT2D eigenvalue weighted by molar-refractivity contribution is 0.0526. The Balaban J connectivity index is 1.70. The van der Waals surface area contributed by atoms with E-state index in [0.29, 0.717) is 36.1 Å². The minimum Gasteiger partial charge on any atom is -0.462 e. The molecule has 0 aliphatic rings. The smallest absolute Gasteiger partial charge is 0.338 e. The Morgan fingerprint density at radius 3 is 2.96 bits per heavy atom. The van der Waals surface area contributed by atoms with Crippen molar-refractivity contribution in [3.63, 3.8) is 0 Å². The number of benzene rings is 1. The first-order valence-electron chi connectivity index (χ1n) is 7.84. The minimum absolute atomic E-state index is 0.340. The van der Waals surface area contributed by atoms with Crippen molar-refractivity contribution in [1.82, 2.24) is 24.7 Å². The lowest BCUT2D eigenvalue weighted by Gasteiger charge is -2.06. The summed E-state index contributed by atoms with van der Waals surface area (Å²) in [6.45, 7) is 2.55. The standard InChI is InChI=1S/C17H18N6O2/c1-3-25-17(24)12-5-4-6-13(9-12)19-10-15-21-16(23(2)22-15)14-7-8-18-11-20-14/h4-9,11,19H,3,10H2,1-2H3. The highest BCUT2D eigenvalue weighted by Crippen LogP contribution is 2.15. The number of nitrogens with zero attached hydrogens (tertiary/aromatic N) is 5. The summed E-state index contributed by atoms with van der Waals surface area (Å²) in [4.78, 5) is 24.4. The molecule has 0 aliphatic heterocycles. The highest BCUT2D eigenvalue weighted by molar-refractivity contribution is 5.90. The third-order valence-corrected chi connectivity index (χ3v) is 3.44. The van der Waals surface area contributed by atoms with Crippen LogP contribution < -0.4 is 5.32 Å². The molecule has 0 amide bonds. The van der Waals surface area contributed by atoms with Crippen LogP contribution in [0.3, 0.4) is 0 Å². The molecule has 2 heterocycles.